The van der Waals surface area contributed by atoms with Crippen LogP contribution in [0, 0.1) is 13.8 Å². The Balaban J connectivity index is 1.64. The highest BCUT2D eigenvalue weighted by molar-refractivity contribution is 6.30. The van der Waals surface area contributed by atoms with E-state index in [0.29, 0.717) is 41.7 Å². The van der Waals surface area contributed by atoms with Gasteiger partial charge in [-0.15, -0.1) is 0 Å². The molecule has 3 aromatic rings. The summed E-state index contributed by atoms with van der Waals surface area (Å²) in [7, 11) is 0. The van der Waals surface area contributed by atoms with Gasteiger partial charge < -0.3 is 19.6 Å². The molecule has 0 atom stereocenters. The van der Waals surface area contributed by atoms with Crippen LogP contribution < -0.4 is 10.6 Å². The predicted molar refractivity (Wildman–Crippen MR) is 102 cm³/mol. The summed E-state index contributed by atoms with van der Waals surface area (Å²) in [5, 5.41) is 10.9. The fourth-order valence-corrected chi connectivity index (χ4v) is 2.52. The van der Waals surface area contributed by atoms with E-state index in [-0.39, 0.29) is 6.54 Å². The van der Waals surface area contributed by atoms with Gasteiger partial charge >= 0.3 is 0 Å². The van der Waals surface area contributed by atoms with Crippen LogP contribution in [0.2, 0.25) is 5.02 Å². The second-order valence-corrected chi connectivity index (χ2v) is 6.26. The molecule has 3 rings (SSSR count). The number of rotatable bonds is 6. The Bertz CT molecular complexity index is 914. The molecule has 0 aliphatic heterocycles. The van der Waals surface area contributed by atoms with Gasteiger partial charge in [-0.1, -0.05) is 28.9 Å². The van der Waals surface area contributed by atoms with Gasteiger partial charge in [-0.3, -0.25) is 0 Å². The average Bonchev–Trinajstić information content (AvgIpc) is 3.24. The first kappa shape index (κ1) is 18.9. The highest BCUT2D eigenvalue weighted by Crippen LogP contribution is 2.20. The lowest BCUT2D eigenvalue weighted by Crippen LogP contribution is -2.36. The van der Waals surface area contributed by atoms with Crippen molar-refractivity contribution in [2.24, 2.45) is 4.99 Å². The van der Waals surface area contributed by atoms with Crippen molar-refractivity contribution < 1.29 is 8.94 Å². The van der Waals surface area contributed by atoms with E-state index in [2.05, 4.69) is 30.8 Å². The number of oxazole rings is 1. The maximum Gasteiger partial charge on any atom is 0.248 e. The number of benzene rings is 1. The third kappa shape index (κ3) is 5.07. The van der Waals surface area contributed by atoms with Crippen molar-refractivity contribution in [3.63, 3.8) is 0 Å². The van der Waals surface area contributed by atoms with Gasteiger partial charge in [-0.05, 0) is 32.9 Å². The number of nitrogens with zero attached hydrogens (tertiary/aromatic N) is 4. The van der Waals surface area contributed by atoms with E-state index < -0.39 is 0 Å². The number of nitrogens with one attached hydrogen (secondary N) is 2. The van der Waals surface area contributed by atoms with E-state index in [1.165, 1.54) is 0 Å². The van der Waals surface area contributed by atoms with Gasteiger partial charge in [-0.2, -0.15) is 4.98 Å². The summed E-state index contributed by atoms with van der Waals surface area (Å²) in [6.07, 6.45) is 0. The number of hydrogen-bond donors (Lipinski definition) is 2. The van der Waals surface area contributed by atoms with Crippen LogP contribution in [0.1, 0.15) is 30.2 Å². The molecule has 0 bridgehead atoms. The van der Waals surface area contributed by atoms with Gasteiger partial charge in [0.25, 0.3) is 0 Å². The minimum atomic E-state index is 0.243. The van der Waals surface area contributed by atoms with Gasteiger partial charge in [-0.25, -0.2) is 9.98 Å². The zero-order valence-electron chi connectivity index (χ0n) is 15.4. The molecule has 0 unspecified atom stereocenters. The summed E-state index contributed by atoms with van der Waals surface area (Å²) in [4.78, 5) is 13.2. The van der Waals surface area contributed by atoms with Crippen LogP contribution in [0.5, 0.6) is 0 Å². The van der Waals surface area contributed by atoms with Crippen LogP contribution in [0.4, 0.5) is 0 Å². The summed E-state index contributed by atoms with van der Waals surface area (Å²) in [6, 6.07) is 7.29. The normalized spacial score (nSPS) is 11.6. The molecule has 2 heterocycles. The molecule has 0 saturated heterocycles. The molecule has 8 nitrogen and oxygen atoms in total. The van der Waals surface area contributed by atoms with E-state index in [4.69, 9.17) is 20.5 Å². The van der Waals surface area contributed by atoms with Crippen molar-refractivity contribution in [3.05, 3.63) is 52.5 Å². The lowest BCUT2D eigenvalue weighted by molar-refractivity contribution is 0.380. The second-order valence-electron chi connectivity index (χ2n) is 5.82. The minimum absolute atomic E-state index is 0.243. The quantitative estimate of drug-likeness (QED) is 0.493. The fraction of sp³-hybridized carbons (Fsp3) is 0.333. The molecule has 0 aliphatic carbocycles. The summed E-state index contributed by atoms with van der Waals surface area (Å²) >= 11 is 6.00. The second kappa shape index (κ2) is 8.68. The van der Waals surface area contributed by atoms with Crippen molar-refractivity contribution in [1.29, 1.82) is 0 Å². The summed E-state index contributed by atoms with van der Waals surface area (Å²) in [5.74, 6) is 2.91. The van der Waals surface area contributed by atoms with Gasteiger partial charge in [0.1, 0.15) is 12.3 Å². The summed E-state index contributed by atoms with van der Waals surface area (Å²) in [5.41, 5.74) is 1.68. The number of hydrogen-bond acceptors (Lipinski definition) is 6. The highest BCUT2D eigenvalue weighted by atomic mass is 35.5. The Morgan fingerprint density at radius 3 is 2.74 bits per heavy atom. The molecule has 0 radical (unpaired) electrons. The van der Waals surface area contributed by atoms with Crippen molar-refractivity contribution in [2.45, 2.75) is 33.9 Å². The highest BCUT2D eigenvalue weighted by Gasteiger charge is 2.10. The zero-order valence-corrected chi connectivity index (χ0v) is 16.2. The first-order valence-electron chi connectivity index (χ1n) is 8.58. The number of guanidine groups is 1. The maximum atomic E-state index is 6.00. The van der Waals surface area contributed by atoms with Crippen LogP contribution in [0.3, 0.4) is 0 Å². The molecule has 1 aromatic carbocycles. The standard InChI is InChI=1S/C18H21ClN6O2/c1-4-20-18(21-9-15-23-11(2)12(3)26-15)22-10-16-24-17(25-27-16)13-6-5-7-14(19)8-13/h5-8H,4,9-10H2,1-3H3,(H2,20,21,22). The molecule has 0 amide bonds. The topological polar surface area (TPSA) is 101 Å². The lowest BCUT2D eigenvalue weighted by Gasteiger charge is -2.08. The molecule has 2 aromatic heterocycles. The Labute approximate surface area is 162 Å². The molecule has 2 N–H and O–H groups in total. The molecule has 9 heteroatoms. The molecule has 27 heavy (non-hydrogen) atoms. The number of aromatic nitrogens is 3. The van der Waals surface area contributed by atoms with Crippen LogP contribution >= 0.6 is 11.6 Å². The van der Waals surface area contributed by atoms with Crippen LogP contribution in [0.15, 0.2) is 38.2 Å². The molecule has 142 valence electrons. The fourth-order valence-electron chi connectivity index (χ4n) is 2.33. The van der Waals surface area contributed by atoms with Crippen molar-refractivity contribution in [2.75, 3.05) is 6.54 Å². The third-order valence-corrected chi connectivity index (χ3v) is 3.98. The van der Waals surface area contributed by atoms with Gasteiger partial charge in [0.05, 0.1) is 12.2 Å². The van der Waals surface area contributed by atoms with Crippen molar-refractivity contribution in [3.8, 4) is 11.4 Å². The van der Waals surface area contributed by atoms with Crippen LogP contribution in [-0.4, -0.2) is 27.6 Å². The Hall–Kier alpha value is -2.87. The van der Waals surface area contributed by atoms with Gasteiger partial charge in [0.15, 0.2) is 5.96 Å². The first-order chi connectivity index (χ1) is 13.0. The van der Waals surface area contributed by atoms with Crippen LogP contribution in [-0.2, 0) is 13.1 Å². The number of halogens is 1. The maximum absolute atomic E-state index is 6.00. The Morgan fingerprint density at radius 2 is 2.04 bits per heavy atom. The summed E-state index contributed by atoms with van der Waals surface area (Å²) in [6.45, 7) is 7.17. The molecule has 0 aliphatic rings. The number of aryl methyl sites for hydroxylation is 2. The minimum Gasteiger partial charge on any atom is -0.444 e. The van der Waals surface area contributed by atoms with E-state index in [0.717, 1.165) is 17.0 Å². The van der Waals surface area contributed by atoms with Gasteiger partial charge in [0.2, 0.25) is 17.6 Å². The average molecular weight is 389 g/mol. The predicted octanol–water partition coefficient (Wildman–Crippen LogP) is 3.25. The molecular weight excluding hydrogens is 368 g/mol. The van der Waals surface area contributed by atoms with E-state index in [1.807, 2.05) is 32.9 Å². The Morgan fingerprint density at radius 1 is 1.19 bits per heavy atom. The zero-order chi connectivity index (χ0) is 19.2. The van der Waals surface area contributed by atoms with E-state index in [1.54, 1.807) is 12.1 Å². The third-order valence-electron chi connectivity index (χ3n) is 3.75. The Kier molecular flexibility index (Phi) is 6.08. The molecule has 0 fully saturated rings. The SMILES string of the molecule is CCNC(=NCc1nc(-c2cccc(Cl)c2)no1)NCc1nc(C)c(C)o1. The van der Waals surface area contributed by atoms with E-state index in [9.17, 15) is 0 Å². The molecule has 0 saturated carbocycles. The van der Waals surface area contributed by atoms with Crippen LogP contribution in [0.25, 0.3) is 11.4 Å². The van der Waals surface area contributed by atoms with Crippen molar-refractivity contribution in [1.82, 2.24) is 25.8 Å². The first-order valence-corrected chi connectivity index (χ1v) is 8.96. The monoisotopic (exact) mass is 388 g/mol. The smallest absolute Gasteiger partial charge is 0.248 e. The summed E-state index contributed by atoms with van der Waals surface area (Å²) < 4.78 is 10.8. The molecule has 0 spiro atoms. The molecular formula is C18H21ClN6O2. The number of aliphatic imine (C=N–C) groups is 1. The van der Waals surface area contributed by atoms with Gasteiger partial charge in [0, 0.05) is 17.1 Å². The van der Waals surface area contributed by atoms with Crippen molar-refractivity contribution >= 4 is 17.6 Å². The van der Waals surface area contributed by atoms with E-state index >= 15 is 0 Å². The lowest BCUT2D eigenvalue weighted by atomic mass is 10.2. The largest absolute Gasteiger partial charge is 0.444 e.